The van der Waals surface area contributed by atoms with Crippen LogP contribution in [0.15, 0.2) is 89.7 Å². The van der Waals surface area contributed by atoms with Crippen molar-refractivity contribution >= 4 is 22.8 Å². The lowest BCUT2D eigenvalue weighted by Gasteiger charge is -2.19. The number of ether oxygens (including phenoxy) is 1. The zero-order chi connectivity index (χ0) is 22.3. The molecule has 1 aromatic heterocycles. The molecular weight excluding hydrogens is 408 g/mol. The number of fused-ring (bicyclic) bond motifs is 1. The van der Waals surface area contributed by atoms with Gasteiger partial charge in [-0.3, -0.25) is 14.4 Å². The Bertz CT molecular complexity index is 1290. The van der Waals surface area contributed by atoms with Crippen LogP contribution in [-0.2, 0) is 16.3 Å². The number of nitrogens with one attached hydrogen (secondary N) is 1. The van der Waals surface area contributed by atoms with Crippen LogP contribution in [0.1, 0.15) is 28.4 Å². The summed E-state index contributed by atoms with van der Waals surface area (Å²) in [5.41, 5.74) is 1.31. The summed E-state index contributed by atoms with van der Waals surface area (Å²) in [6.07, 6.45) is -0.113. The second-order valence-corrected chi connectivity index (χ2v) is 7.06. The number of hydrogen-bond donors (Lipinski definition) is 1. The van der Waals surface area contributed by atoms with Gasteiger partial charge >= 0.3 is 5.97 Å². The van der Waals surface area contributed by atoms with Gasteiger partial charge in [-0.05, 0) is 29.8 Å². The molecule has 160 valence electrons. The first-order chi connectivity index (χ1) is 15.6. The van der Waals surface area contributed by atoms with E-state index in [9.17, 15) is 14.4 Å². The third-order valence-corrected chi connectivity index (χ3v) is 4.89. The fourth-order valence-corrected chi connectivity index (χ4v) is 3.24. The van der Waals surface area contributed by atoms with Crippen LogP contribution in [0.2, 0.25) is 0 Å². The minimum atomic E-state index is -0.601. The normalized spacial score (nSPS) is 11.6. The molecule has 4 rings (SSSR count). The van der Waals surface area contributed by atoms with Crippen molar-refractivity contribution in [1.29, 1.82) is 0 Å². The van der Waals surface area contributed by atoms with E-state index in [1.54, 1.807) is 48.5 Å². The number of esters is 1. The van der Waals surface area contributed by atoms with Crippen molar-refractivity contribution in [3.05, 3.63) is 106 Å². The molecule has 3 aromatic carbocycles. The minimum Gasteiger partial charge on any atom is -0.442 e. The van der Waals surface area contributed by atoms with Gasteiger partial charge in [-0.2, -0.15) is 4.68 Å². The molecule has 0 saturated heterocycles. The fraction of sp³-hybridized carbons (Fsp3) is 0.125. The molecule has 0 saturated carbocycles. The van der Waals surface area contributed by atoms with E-state index in [0.717, 1.165) is 10.2 Å². The van der Waals surface area contributed by atoms with Crippen molar-refractivity contribution < 1.29 is 14.3 Å². The minimum absolute atomic E-state index is 0.113. The molecule has 8 nitrogen and oxygen atoms in total. The van der Waals surface area contributed by atoms with E-state index in [4.69, 9.17) is 4.74 Å². The molecule has 8 heteroatoms. The lowest BCUT2D eigenvalue weighted by Crippen LogP contribution is -2.31. The highest BCUT2D eigenvalue weighted by Crippen LogP contribution is 2.18. The summed E-state index contributed by atoms with van der Waals surface area (Å²) >= 11 is 0. The van der Waals surface area contributed by atoms with Gasteiger partial charge in [0.2, 0.25) is 0 Å². The van der Waals surface area contributed by atoms with Gasteiger partial charge < -0.3 is 10.1 Å². The van der Waals surface area contributed by atoms with Crippen molar-refractivity contribution in [2.75, 3.05) is 0 Å². The molecule has 0 unspecified atom stereocenters. The van der Waals surface area contributed by atoms with Gasteiger partial charge in [0.25, 0.3) is 11.5 Å². The zero-order valence-electron chi connectivity index (χ0n) is 17.0. The van der Waals surface area contributed by atoms with E-state index >= 15 is 0 Å². The van der Waals surface area contributed by atoms with Crippen LogP contribution in [0.25, 0.3) is 10.9 Å². The number of nitrogens with zero attached hydrogens (tertiary/aromatic N) is 3. The molecule has 1 atom stereocenters. The Morgan fingerprint density at radius 2 is 1.56 bits per heavy atom. The molecule has 0 fully saturated rings. The van der Waals surface area contributed by atoms with Crippen LogP contribution in [0.5, 0.6) is 0 Å². The van der Waals surface area contributed by atoms with Gasteiger partial charge in [0.15, 0.2) is 6.73 Å². The molecule has 0 aliphatic carbocycles. The first-order valence-electron chi connectivity index (χ1n) is 10.0. The molecule has 32 heavy (non-hydrogen) atoms. The van der Waals surface area contributed by atoms with Crippen LogP contribution in [-0.4, -0.2) is 26.9 Å². The first-order valence-corrected chi connectivity index (χ1v) is 10.0. The van der Waals surface area contributed by atoms with Gasteiger partial charge in [-0.25, -0.2) is 0 Å². The highest BCUT2D eigenvalue weighted by Gasteiger charge is 2.20. The zero-order valence-corrected chi connectivity index (χ0v) is 17.0. The van der Waals surface area contributed by atoms with Crippen LogP contribution in [0.4, 0.5) is 0 Å². The number of carbonyl (C=O) groups excluding carboxylic acids is 2. The van der Waals surface area contributed by atoms with Crippen molar-refractivity contribution in [2.45, 2.75) is 19.2 Å². The van der Waals surface area contributed by atoms with E-state index < -0.39 is 17.6 Å². The quantitative estimate of drug-likeness (QED) is 0.454. The van der Waals surface area contributed by atoms with E-state index in [1.165, 1.54) is 0 Å². The SMILES string of the molecule is O=C(C[C@H](NC(=O)c1ccccc1)c1ccccc1)OCn1nnc2ccccc2c1=O. The molecule has 4 aromatic rings. The second-order valence-electron chi connectivity index (χ2n) is 7.06. The van der Waals surface area contributed by atoms with Crippen LogP contribution in [0, 0.1) is 0 Å². The lowest BCUT2D eigenvalue weighted by molar-refractivity contribution is -0.148. The molecule has 1 N–H and O–H groups in total. The lowest BCUT2D eigenvalue weighted by atomic mass is 10.0. The molecule has 0 aliphatic heterocycles. The predicted octanol–water partition coefficient (Wildman–Crippen LogP) is 2.85. The number of amides is 1. The van der Waals surface area contributed by atoms with Crippen molar-refractivity contribution in [1.82, 2.24) is 20.3 Å². The van der Waals surface area contributed by atoms with Gasteiger partial charge in [-0.1, -0.05) is 65.9 Å². The summed E-state index contributed by atoms with van der Waals surface area (Å²) in [6.45, 7) is -0.371. The van der Waals surface area contributed by atoms with Gasteiger partial charge in [-0.15, -0.1) is 5.10 Å². The van der Waals surface area contributed by atoms with Gasteiger partial charge in [0, 0.05) is 5.56 Å². The summed E-state index contributed by atoms with van der Waals surface area (Å²) in [4.78, 5) is 37.7. The van der Waals surface area contributed by atoms with Crippen LogP contribution in [0.3, 0.4) is 0 Å². The standard InChI is InChI=1S/C24H20N4O4/c29-22(32-16-28-24(31)19-13-7-8-14-20(19)26-27-28)15-21(17-9-3-1-4-10-17)25-23(30)18-11-5-2-6-12-18/h1-14,21H,15-16H2,(H,25,30)/t21-/m0/s1. The van der Waals surface area contributed by atoms with Gasteiger partial charge in [0.1, 0.15) is 5.52 Å². The Balaban J connectivity index is 1.46. The maximum Gasteiger partial charge on any atom is 0.310 e. The number of hydrogen-bond acceptors (Lipinski definition) is 6. The van der Waals surface area contributed by atoms with E-state index in [0.29, 0.717) is 16.5 Å². The number of benzene rings is 3. The smallest absolute Gasteiger partial charge is 0.310 e. The maximum absolute atomic E-state index is 12.6. The third kappa shape index (κ3) is 4.86. The Kier molecular flexibility index (Phi) is 6.31. The molecule has 0 aliphatic rings. The Morgan fingerprint density at radius 3 is 2.31 bits per heavy atom. The summed E-state index contributed by atoms with van der Waals surface area (Å²) in [5.74, 6) is -0.891. The summed E-state index contributed by atoms with van der Waals surface area (Å²) in [7, 11) is 0. The predicted molar refractivity (Wildman–Crippen MR) is 118 cm³/mol. The number of carbonyl (C=O) groups is 2. The van der Waals surface area contributed by atoms with Crippen LogP contribution >= 0.6 is 0 Å². The molecule has 0 radical (unpaired) electrons. The van der Waals surface area contributed by atoms with E-state index in [-0.39, 0.29) is 19.1 Å². The number of aromatic nitrogens is 3. The molecule has 1 amide bonds. The highest BCUT2D eigenvalue weighted by atomic mass is 16.5. The van der Waals surface area contributed by atoms with E-state index in [1.807, 2.05) is 36.4 Å². The molecule has 0 bridgehead atoms. The van der Waals surface area contributed by atoms with Crippen molar-refractivity contribution in [3.63, 3.8) is 0 Å². The molecule has 0 spiro atoms. The summed E-state index contributed by atoms with van der Waals surface area (Å²) in [6, 6.07) is 24.1. The summed E-state index contributed by atoms with van der Waals surface area (Å²) in [5, 5.41) is 11.0. The van der Waals surface area contributed by atoms with E-state index in [2.05, 4.69) is 15.6 Å². The molecule has 1 heterocycles. The third-order valence-electron chi connectivity index (χ3n) is 4.89. The molecular formula is C24H20N4O4. The average molecular weight is 428 g/mol. The van der Waals surface area contributed by atoms with Crippen molar-refractivity contribution in [3.8, 4) is 0 Å². The highest BCUT2D eigenvalue weighted by molar-refractivity contribution is 5.94. The Labute approximate surface area is 183 Å². The second kappa shape index (κ2) is 9.65. The largest absolute Gasteiger partial charge is 0.442 e. The van der Waals surface area contributed by atoms with Crippen LogP contribution < -0.4 is 10.9 Å². The monoisotopic (exact) mass is 428 g/mol. The fourth-order valence-electron chi connectivity index (χ4n) is 3.24. The Hall–Kier alpha value is -4.33. The maximum atomic E-state index is 12.6. The summed E-state index contributed by atoms with van der Waals surface area (Å²) < 4.78 is 6.25. The Morgan fingerprint density at radius 1 is 0.906 bits per heavy atom. The average Bonchev–Trinajstić information content (AvgIpc) is 2.84. The van der Waals surface area contributed by atoms with Crippen molar-refractivity contribution in [2.24, 2.45) is 0 Å². The topological polar surface area (TPSA) is 103 Å². The first kappa shape index (κ1) is 20.9. The van der Waals surface area contributed by atoms with Gasteiger partial charge in [0.05, 0.1) is 17.8 Å². The number of rotatable bonds is 7.